The van der Waals surface area contributed by atoms with Crippen molar-refractivity contribution in [2.75, 3.05) is 44.3 Å². The summed E-state index contributed by atoms with van der Waals surface area (Å²) < 4.78 is 11.1. The molecule has 2 aliphatic rings. The molecule has 0 N–H and O–H groups in total. The molecule has 6 nitrogen and oxygen atoms in total. The summed E-state index contributed by atoms with van der Waals surface area (Å²) in [4.78, 5) is 20.9. The minimum absolute atomic E-state index is 0.104. The number of aromatic nitrogens is 1. The molecule has 0 aliphatic carbocycles. The van der Waals surface area contributed by atoms with Gasteiger partial charge in [-0.25, -0.2) is 0 Å². The summed E-state index contributed by atoms with van der Waals surface area (Å²) in [5, 5.41) is 0.493. The van der Waals surface area contributed by atoms with E-state index in [1.165, 1.54) is 0 Å². The fraction of sp³-hybridized carbons (Fsp3) is 0.368. The van der Waals surface area contributed by atoms with E-state index in [0.717, 1.165) is 24.3 Å². The molecule has 136 valence electrons. The van der Waals surface area contributed by atoms with Crippen LogP contribution in [0.5, 0.6) is 11.5 Å². The molecule has 0 bridgehead atoms. The molecule has 26 heavy (non-hydrogen) atoms. The standard InChI is InChI=1S/C19H20ClN3O3/c20-16-11-14(12-17-19(16)26-10-9-25-17)13-18(24)23-7-5-22(6-8-23)15-1-3-21-4-2-15/h1-4,11-12H,5-10,13H2. The molecule has 3 heterocycles. The number of rotatable bonds is 3. The highest BCUT2D eigenvalue weighted by atomic mass is 35.5. The summed E-state index contributed by atoms with van der Waals surface area (Å²) in [6.45, 7) is 4.04. The van der Waals surface area contributed by atoms with Gasteiger partial charge in [0.05, 0.1) is 11.4 Å². The van der Waals surface area contributed by atoms with E-state index in [4.69, 9.17) is 21.1 Å². The summed E-state index contributed by atoms with van der Waals surface area (Å²) >= 11 is 6.26. The number of benzene rings is 1. The van der Waals surface area contributed by atoms with E-state index in [0.29, 0.717) is 49.2 Å². The molecule has 1 aromatic carbocycles. The van der Waals surface area contributed by atoms with E-state index >= 15 is 0 Å². The zero-order valence-electron chi connectivity index (χ0n) is 14.4. The van der Waals surface area contributed by atoms with Crippen molar-refractivity contribution < 1.29 is 14.3 Å². The van der Waals surface area contributed by atoms with Crippen molar-refractivity contribution in [2.24, 2.45) is 0 Å². The molecule has 7 heteroatoms. The minimum Gasteiger partial charge on any atom is -0.486 e. The quantitative estimate of drug-likeness (QED) is 0.827. The third-order valence-corrected chi connectivity index (χ3v) is 4.95. The molecule has 0 spiro atoms. The molecule has 1 saturated heterocycles. The van der Waals surface area contributed by atoms with Crippen LogP contribution in [0.1, 0.15) is 5.56 Å². The van der Waals surface area contributed by atoms with Crippen molar-refractivity contribution in [1.29, 1.82) is 0 Å². The fourth-order valence-corrected chi connectivity index (χ4v) is 3.61. The van der Waals surface area contributed by atoms with Crippen LogP contribution in [0, 0.1) is 0 Å². The second-order valence-corrected chi connectivity index (χ2v) is 6.76. The van der Waals surface area contributed by atoms with Gasteiger partial charge >= 0.3 is 0 Å². The lowest BCUT2D eigenvalue weighted by molar-refractivity contribution is -0.130. The number of fused-ring (bicyclic) bond motifs is 1. The summed E-state index contributed by atoms with van der Waals surface area (Å²) in [5.74, 6) is 1.29. The predicted molar refractivity (Wildman–Crippen MR) is 99.2 cm³/mol. The third kappa shape index (κ3) is 3.55. The van der Waals surface area contributed by atoms with Crippen LogP contribution >= 0.6 is 11.6 Å². The van der Waals surface area contributed by atoms with Crippen LogP contribution < -0.4 is 14.4 Å². The van der Waals surface area contributed by atoms with Crippen LogP contribution in [0.2, 0.25) is 5.02 Å². The lowest BCUT2D eigenvalue weighted by atomic mass is 10.1. The van der Waals surface area contributed by atoms with E-state index in [9.17, 15) is 4.79 Å². The number of anilines is 1. The first-order valence-electron chi connectivity index (χ1n) is 8.71. The Hall–Kier alpha value is -2.47. The zero-order chi connectivity index (χ0) is 17.9. The average molecular weight is 374 g/mol. The van der Waals surface area contributed by atoms with E-state index in [-0.39, 0.29) is 5.91 Å². The molecule has 2 aromatic rings. The van der Waals surface area contributed by atoms with Crippen molar-refractivity contribution in [3.8, 4) is 11.5 Å². The van der Waals surface area contributed by atoms with Crippen LogP contribution in [0.25, 0.3) is 0 Å². The van der Waals surface area contributed by atoms with Gasteiger partial charge in [-0.15, -0.1) is 0 Å². The summed E-state index contributed by atoms with van der Waals surface area (Å²) in [5.41, 5.74) is 1.99. The summed E-state index contributed by atoms with van der Waals surface area (Å²) in [6.07, 6.45) is 3.89. The third-order valence-electron chi connectivity index (χ3n) is 4.67. The number of carbonyl (C=O) groups excluding carboxylic acids is 1. The lowest BCUT2D eigenvalue weighted by Gasteiger charge is -2.36. The van der Waals surface area contributed by atoms with Crippen molar-refractivity contribution in [3.05, 3.63) is 47.2 Å². The maximum absolute atomic E-state index is 12.7. The number of piperazine rings is 1. The zero-order valence-corrected chi connectivity index (χ0v) is 15.1. The molecule has 1 fully saturated rings. The lowest BCUT2D eigenvalue weighted by Crippen LogP contribution is -2.49. The smallest absolute Gasteiger partial charge is 0.227 e. The Kier molecular flexibility index (Phi) is 4.84. The maximum Gasteiger partial charge on any atom is 0.227 e. The number of carbonyl (C=O) groups is 1. The minimum atomic E-state index is 0.104. The normalized spacial score (nSPS) is 16.5. The van der Waals surface area contributed by atoms with Gasteiger partial charge in [0.1, 0.15) is 13.2 Å². The molecule has 1 aromatic heterocycles. The van der Waals surface area contributed by atoms with Gasteiger partial charge in [0.15, 0.2) is 11.5 Å². The Balaban J connectivity index is 1.38. The summed E-state index contributed by atoms with van der Waals surface area (Å²) in [7, 11) is 0. The molecule has 0 radical (unpaired) electrons. The van der Waals surface area contributed by atoms with Gasteiger partial charge in [0.2, 0.25) is 5.91 Å². The summed E-state index contributed by atoms with van der Waals surface area (Å²) in [6, 6.07) is 7.63. The topological polar surface area (TPSA) is 54.9 Å². The fourth-order valence-electron chi connectivity index (χ4n) is 3.32. The van der Waals surface area contributed by atoms with E-state index in [1.54, 1.807) is 18.5 Å². The largest absolute Gasteiger partial charge is 0.486 e. The Morgan fingerprint density at radius 2 is 1.81 bits per heavy atom. The molecule has 0 unspecified atom stereocenters. The number of amides is 1. The monoisotopic (exact) mass is 373 g/mol. The molecule has 0 saturated carbocycles. The van der Waals surface area contributed by atoms with Crippen molar-refractivity contribution in [3.63, 3.8) is 0 Å². The van der Waals surface area contributed by atoms with Gasteiger partial charge in [-0.1, -0.05) is 11.6 Å². The van der Waals surface area contributed by atoms with E-state index in [1.807, 2.05) is 23.1 Å². The van der Waals surface area contributed by atoms with Gasteiger partial charge in [-0.05, 0) is 29.8 Å². The van der Waals surface area contributed by atoms with Crippen molar-refractivity contribution in [2.45, 2.75) is 6.42 Å². The van der Waals surface area contributed by atoms with Crippen LogP contribution in [0.4, 0.5) is 5.69 Å². The molecule has 0 atom stereocenters. The number of pyridine rings is 1. The number of ether oxygens (including phenoxy) is 2. The first kappa shape index (κ1) is 17.0. The SMILES string of the molecule is O=C(Cc1cc(Cl)c2c(c1)OCCO2)N1CCN(c2ccncc2)CC1. The first-order chi connectivity index (χ1) is 12.7. The number of hydrogen-bond donors (Lipinski definition) is 0. The molecule has 4 rings (SSSR count). The maximum atomic E-state index is 12.7. The van der Waals surface area contributed by atoms with Gasteiger partial charge < -0.3 is 19.3 Å². The molecule has 1 amide bonds. The molecular weight excluding hydrogens is 354 g/mol. The Bertz CT molecular complexity index is 792. The Morgan fingerprint density at radius 1 is 1.08 bits per heavy atom. The second kappa shape index (κ2) is 7.41. The predicted octanol–water partition coefficient (Wildman–Crippen LogP) is 2.40. The van der Waals surface area contributed by atoms with Crippen LogP contribution in [-0.4, -0.2) is 55.2 Å². The van der Waals surface area contributed by atoms with Crippen LogP contribution in [0.15, 0.2) is 36.7 Å². The van der Waals surface area contributed by atoms with Crippen molar-refractivity contribution in [1.82, 2.24) is 9.88 Å². The van der Waals surface area contributed by atoms with E-state index < -0.39 is 0 Å². The van der Waals surface area contributed by atoms with Gasteiger partial charge in [-0.2, -0.15) is 0 Å². The highest BCUT2D eigenvalue weighted by molar-refractivity contribution is 6.32. The van der Waals surface area contributed by atoms with Crippen molar-refractivity contribution >= 4 is 23.2 Å². The van der Waals surface area contributed by atoms with Gasteiger partial charge in [0.25, 0.3) is 0 Å². The Morgan fingerprint density at radius 3 is 2.58 bits per heavy atom. The Labute approximate surface area is 157 Å². The number of halogens is 1. The molecular formula is C19H20ClN3O3. The second-order valence-electron chi connectivity index (χ2n) is 6.35. The highest BCUT2D eigenvalue weighted by Crippen LogP contribution is 2.38. The first-order valence-corrected chi connectivity index (χ1v) is 9.09. The number of nitrogens with zero attached hydrogens (tertiary/aromatic N) is 3. The van der Waals surface area contributed by atoms with Crippen LogP contribution in [-0.2, 0) is 11.2 Å². The highest BCUT2D eigenvalue weighted by Gasteiger charge is 2.23. The average Bonchev–Trinajstić information content (AvgIpc) is 2.69. The van der Waals surface area contributed by atoms with E-state index in [2.05, 4.69) is 9.88 Å². The number of hydrogen-bond acceptors (Lipinski definition) is 5. The molecule has 2 aliphatic heterocycles. The van der Waals surface area contributed by atoms with Crippen LogP contribution in [0.3, 0.4) is 0 Å². The van der Waals surface area contributed by atoms with Gasteiger partial charge in [0, 0.05) is 44.3 Å². The van der Waals surface area contributed by atoms with Gasteiger partial charge in [-0.3, -0.25) is 9.78 Å².